The first-order valence-corrected chi connectivity index (χ1v) is 18.0. The van der Waals surface area contributed by atoms with E-state index in [2.05, 4.69) is 47.7 Å². The van der Waals surface area contributed by atoms with Crippen LogP contribution in [-0.4, -0.2) is 59.8 Å². The molecule has 2 N–H and O–H groups in total. The summed E-state index contributed by atoms with van der Waals surface area (Å²) >= 11 is 0. The van der Waals surface area contributed by atoms with Crippen LogP contribution in [-0.2, 0) is 14.8 Å². The Kier molecular flexibility index (Phi) is 9.96. The molecule has 2 aromatic carbocycles. The van der Waals surface area contributed by atoms with Gasteiger partial charge in [-0.25, -0.2) is 18.1 Å². The molecule has 0 unspecified atom stereocenters. The molecule has 1 fully saturated rings. The number of aromatic nitrogens is 2. The topological polar surface area (TPSA) is 131 Å². The average molecular weight is 662 g/mol. The Hall–Kier alpha value is -3.99. The highest BCUT2D eigenvalue weighted by atomic mass is 32.2. The maximum atomic E-state index is 14.5. The molecule has 1 aliphatic heterocycles. The molecule has 1 aliphatic carbocycles. The highest BCUT2D eigenvalue weighted by Crippen LogP contribution is 2.45. The smallest absolute Gasteiger partial charge is 0.264 e. The van der Waals surface area contributed by atoms with Gasteiger partial charge in [0.1, 0.15) is 6.61 Å². The number of rotatable bonds is 8. The Labute approximate surface area is 278 Å². The number of nitrogens with one attached hydrogen (secondary N) is 2. The van der Waals surface area contributed by atoms with Crippen molar-refractivity contribution in [2.75, 3.05) is 11.3 Å². The summed E-state index contributed by atoms with van der Waals surface area (Å²) < 4.78 is 36.2. The summed E-state index contributed by atoms with van der Waals surface area (Å²) in [7, 11) is -4.15. The lowest BCUT2D eigenvalue weighted by atomic mass is 9.63. The number of anilines is 1. The molecule has 2 aliphatic rings. The van der Waals surface area contributed by atoms with E-state index in [0.717, 1.165) is 36.0 Å². The molecule has 0 saturated heterocycles. The molecule has 11 heteroatoms. The number of benzene rings is 2. The van der Waals surface area contributed by atoms with Crippen LogP contribution in [0, 0.1) is 25.2 Å². The number of hydrogen-bond acceptors (Lipinski definition) is 7. The van der Waals surface area contributed by atoms with E-state index >= 15 is 0 Å². The number of hydrogen-bond donors (Lipinski definition) is 2. The lowest BCUT2D eigenvalue weighted by Crippen LogP contribution is -2.54. The summed E-state index contributed by atoms with van der Waals surface area (Å²) in [5.74, 6) is 0.149. The second kappa shape index (κ2) is 13.6. The maximum Gasteiger partial charge on any atom is 0.264 e. The standard InChI is InChI=1S/C36H47N5O5S/c1-8-31(42)37-27-19-36(7,20-27)18-25(6)41-28(15-22(2)3)21-46-32-17-30(33-23(4)11-9-12-24(33)5)38-35(39-32)40-47(44,45)29-14-10-13-26(16-29)34(41)43/h9-14,16-17,22,25,27-28H,8,15,18-21H2,1-7H3,(H,37,42)(H,38,39,40)/t25-,27-,28+,36-/m0/s1. The molecule has 252 valence electrons. The van der Waals surface area contributed by atoms with Gasteiger partial charge in [-0.05, 0) is 87.1 Å². The van der Waals surface area contributed by atoms with Crippen LogP contribution >= 0.6 is 0 Å². The fraction of sp³-hybridized carbons (Fsp3) is 0.500. The number of sulfonamides is 1. The molecular formula is C36H47N5O5S. The van der Waals surface area contributed by atoms with Gasteiger partial charge in [-0.1, -0.05) is 52.0 Å². The van der Waals surface area contributed by atoms with E-state index in [1.165, 1.54) is 12.1 Å². The first-order valence-electron chi connectivity index (χ1n) is 16.5. The van der Waals surface area contributed by atoms with Gasteiger partial charge in [-0.15, -0.1) is 0 Å². The molecular weight excluding hydrogens is 614 g/mol. The van der Waals surface area contributed by atoms with Crippen molar-refractivity contribution in [3.63, 3.8) is 0 Å². The predicted molar refractivity (Wildman–Crippen MR) is 183 cm³/mol. The van der Waals surface area contributed by atoms with Crippen LogP contribution in [0.5, 0.6) is 5.88 Å². The monoisotopic (exact) mass is 661 g/mol. The molecule has 3 aromatic rings. The minimum Gasteiger partial charge on any atom is -0.475 e. The zero-order chi connectivity index (χ0) is 34.1. The predicted octanol–water partition coefficient (Wildman–Crippen LogP) is 6.28. The van der Waals surface area contributed by atoms with E-state index in [0.29, 0.717) is 18.5 Å². The lowest BCUT2D eigenvalue weighted by molar-refractivity contribution is -0.123. The summed E-state index contributed by atoms with van der Waals surface area (Å²) in [4.78, 5) is 37.4. The third-order valence-electron chi connectivity index (χ3n) is 9.28. The van der Waals surface area contributed by atoms with Gasteiger partial charge >= 0.3 is 0 Å². The SMILES string of the molecule is CCC(=O)N[C@H]1C[C@](C)(C[C@H](C)N2C(=O)c3cccc(c3)S(=O)(=O)Nc3nc(cc(-c4c(C)cccc4C)n3)OC[C@H]2CC(C)C)C1. The van der Waals surface area contributed by atoms with Gasteiger partial charge in [0.15, 0.2) is 0 Å². The Morgan fingerprint density at radius 1 is 1.09 bits per heavy atom. The Morgan fingerprint density at radius 3 is 2.43 bits per heavy atom. The zero-order valence-electron chi connectivity index (χ0n) is 28.5. The average Bonchev–Trinajstić information content (AvgIpc) is 2.98. The third kappa shape index (κ3) is 7.77. The summed E-state index contributed by atoms with van der Waals surface area (Å²) in [5.41, 5.74) is 3.60. The second-order valence-corrected chi connectivity index (χ2v) is 15.7. The van der Waals surface area contributed by atoms with E-state index in [9.17, 15) is 18.0 Å². The summed E-state index contributed by atoms with van der Waals surface area (Å²) in [6.07, 6.45) is 3.51. The van der Waals surface area contributed by atoms with Crippen molar-refractivity contribution in [3.8, 4) is 17.1 Å². The molecule has 1 saturated carbocycles. The molecule has 4 bridgehead atoms. The van der Waals surface area contributed by atoms with Crippen molar-refractivity contribution in [1.82, 2.24) is 20.2 Å². The van der Waals surface area contributed by atoms with Gasteiger partial charge in [0, 0.05) is 35.7 Å². The molecule has 2 amide bonds. The molecule has 2 atom stereocenters. The quantitative estimate of drug-likeness (QED) is 0.290. The zero-order valence-corrected chi connectivity index (χ0v) is 29.3. The van der Waals surface area contributed by atoms with Crippen LogP contribution in [0.1, 0.15) is 88.2 Å². The maximum absolute atomic E-state index is 14.5. The molecule has 0 spiro atoms. The second-order valence-electron chi connectivity index (χ2n) is 14.0. The first kappa shape index (κ1) is 34.3. The number of ether oxygens (including phenoxy) is 1. The van der Waals surface area contributed by atoms with Gasteiger partial charge in [0.05, 0.1) is 16.6 Å². The van der Waals surface area contributed by atoms with Gasteiger partial charge in [-0.2, -0.15) is 4.98 Å². The number of amides is 2. The van der Waals surface area contributed by atoms with Crippen molar-refractivity contribution in [2.45, 2.75) is 104 Å². The van der Waals surface area contributed by atoms with Gasteiger partial charge in [-0.3, -0.25) is 9.59 Å². The summed E-state index contributed by atoms with van der Waals surface area (Å²) in [5, 5.41) is 3.09. The molecule has 10 nitrogen and oxygen atoms in total. The number of fused-ring (bicyclic) bond motifs is 4. The number of carbonyl (C=O) groups is 2. The fourth-order valence-electron chi connectivity index (χ4n) is 7.27. The number of nitrogens with zero attached hydrogens (tertiary/aromatic N) is 3. The molecule has 1 aromatic heterocycles. The number of aryl methyl sites for hydroxylation is 2. The van der Waals surface area contributed by atoms with E-state index < -0.39 is 10.0 Å². The van der Waals surface area contributed by atoms with Crippen molar-refractivity contribution in [3.05, 3.63) is 65.2 Å². The highest BCUT2D eigenvalue weighted by Gasteiger charge is 2.44. The first-order chi connectivity index (χ1) is 22.2. The van der Waals surface area contributed by atoms with Crippen LogP contribution in [0.2, 0.25) is 0 Å². The molecule has 0 radical (unpaired) electrons. The Bertz CT molecular complexity index is 1730. The normalized spacial score (nSPS) is 22.9. The summed E-state index contributed by atoms with van der Waals surface area (Å²) in [6, 6.07) is 13.4. The fourth-order valence-corrected chi connectivity index (χ4v) is 8.26. The molecule has 5 rings (SSSR count). The molecule has 2 heterocycles. The van der Waals surface area contributed by atoms with Crippen LogP contribution < -0.4 is 14.8 Å². The minimum absolute atomic E-state index is 0.0475. The van der Waals surface area contributed by atoms with E-state index in [1.54, 1.807) is 18.2 Å². The van der Waals surface area contributed by atoms with Crippen LogP contribution in [0.4, 0.5) is 5.95 Å². The van der Waals surface area contributed by atoms with Gasteiger partial charge in [0.25, 0.3) is 15.9 Å². The van der Waals surface area contributed by atoms with Crippen molar-refractivity contribution < 1.29 is 22.7 Å². The minimum atomic E-state index is -4.15. The van der Waals surface area contributed by atoms with Crippen molar-refractivity contribution >= 4 is 27.8 Å². The van der Waals surface area contributed by atoms with E-state index in [1.807, 2.05) is 43.9 Å². The Balaban J connectivity index is 1.56. The van der Waals surface area contributed by atoms with Crippen LogP contribution in [0.15, 0.2) is 53.4 Å². The lowest BCUT2D eigenvalue weighted by Gasteiger charge is -2.49. The van der Waals surface area contributed by atoms with Crippen molar-refractivity contribution in [2.24, 2.45) is 11.3 Å². The molecule has 47 heavy (non-hydrogen) atoms. The largest absolute Gasteiger partial charge is 0.475 e. The van der Waals surface area contributed by atoms with Gasteiger partial charge in [0.2, 0.25) is 17.7 Å². The van der Waals surface area contributed by atoms with Crippen LogP contribution in [0.3, 0.4) is 0 Å². The summed E-state index contributed by atoms with van der Waals surface area (Å²) in [6.45, 7) is 14.5. The van der Waals surface area contributed by atoms with Crippen LogP contribution in [0.25, 0.3) is 11.3 Å². The Morgan fingerprint density at radius 2 is 1.77 bits per heavy atom. The van der Waals surface area contributed by atoms with E-state index in [-0.39, 0.29) is 70.2 Å². The third-order valence-corrected chi connectivity index (χ3v) is 10.6. The van der Waals surface area contributed by atoms with Gasteiger partial charge < -0.3 is 15.0 Å². The van der Waals surface area contributed by atoms with E-state index in [4.69, 9.17) is 4.74 Å². The number of carbonyl (C=O) groups excluding carboxylic acids is 2. The van der Waals surface area contributed by atoms with Crippen molar-refractivity contribution in [1.29, 1.82) is 0 Å². The highest BCUT2D eigenvalue weighted by molar-refractivity contribution is 7.92.